The number of phosphoric acid groups is 2. The van der Waals surface area contributed by atoms with Gasteiger partial charge in [-0.1, -0.05) is 0 Å². The Morgan fingerprint density at radius 2 is 0.850 bits per heavy atom. The molecular weight excluding hydrogens is 326 g/mol. The zero-order valence-corrected chi connectivity index (χ0v) is 11.2. The van der Waals surface area contributed by atoms with Crippen molar-refractivity contribution in [1.29, 1.82) is 0 Å². The van der Waals surface area contributed by atoms with Crippen LogP contribution in [0.15, 0.2) is 0 Å². The molecule has 0 heterocycles. The first-order valence-electron chi connectivity index (χ1n) is 4.96. The molecule has 1 rings (SSSR count). The Hall–Kier alpha value is 0.0600. The Morgan fingerprint density at radius 3 is 1.00 bits per heavy atom. The molecule has 12 nitrogen and oxygen atoms in total. The van der Waals surface area contributed by atoms with Gasteiger partial charge in [-0.2, -0.15) is 0 Å². The first-order valence-corrected chi connectivity index (χ1v) is 7.89. The summed E-state index contributed by atoms with van der Waals surface area (Å²) in [7, 11) is -11.4. The maximum Gasteiger partial charge on any atom is 0.120 e. The van der Waals surface area contributed by atoms with Crippen LogP contribution in [-0.4, -0.2) is 57.0 Å². The van der Waals surface area contributed by atoms with Crippen molar-refractivity contribution >= 4 is 15.6 Å². The summed E-state index contributed by atoms with van der Waals surface area (Å²) in [6.07, 6.45) is -13.7. The maximum atomic E-state index is 10.4. The highest BCUT2D eigenvalue weighted by atomic mass is 31.2. The highest BCUT2D eigenvalue weighted by molar-refractivity contribution is 7.43. The van der Waals surface area contributed by atoms with Crippen LogP contribution in [0.25, 0.3) is 0 Å². The molecule has 1 aliphatic rings. The largest absolute Gasteiger partial charge is 0.790 e. The molecule has 14 heteroatoms. The van der Waals surface area contributed by atoms with Crippen LogP contribution < -0.4 is 19.6 Å². The highest BCUT2D eigenvalue weighted by Gasteiger charge is 2.50. The van der Waals surface area contributed by atoms with Crippen molar-refractivity contribution in [2.75, 3.05) is 0 Å². The van der Waals surface area contributed by atoms with Gasteiger partial charge in [0.25, 0.3) is 0 Å². The van der Waals surface area contributed by atoms with Gasteiger partial charge in [-0.15, -0.1) is 0 Å². The van der Waals surface area contributed by atoms with E-state index in [9.17, 15) is 49.1 Å². The van der Waals surface area contributed by atoms with E-state index in [1.165, 1.54) is 0 Å². The summed E-state index contributed by atoms with van der Waals surface area (Å²) >= 11 is 0. The van der Waals surface area contributed by atoms with Gasteiger partial charge in [0.15, 0.2) is 0 Å². The van der Waals surface area contributed by atoms with Crippen molar-refractivity contribution in [3.05, 3.63) is 0 Å². The first kappa shape index (κ1) is 18.1. The van der Waals surface area contributed by atoms with E-state index < -0.39 is 52.3 Å². The quantitative estimate of drug-likeness (QED) is 0.352. The third kappa shape index (κ3) is 4.53. The molecule has 120 valence electrons. The lowest BCUT2D eigenvalue weighted by Crippen LogP contribution is -2.65. The number of hydrogen-bond donors (Lipinski definition) is 4. The second-order valence-corrected chi connectivity index (χ2v) is 6.21. The molecule has 1 fully saturated rings. The van der Waals surface area contributed by atoms with E-state index >= 15 is 0 Å². The van der Waals surface area contributed by atoms with Gasteiger partial charge in [0.1, 0.15) is 36.6 Å². The van der Waals surface area contributed by atoms with E-state index in [1.807, 2.05) is 0 Å². The summed E-state index contributed by atoms with van der Waals surface area (Å²) in [6, 6.07) is 0. The predicted molar refractivity (Wildman–Crippen MR) is 49.0 cm³/mol. The average Bonchev–Trinajstić information content (AvgIpc) is 2.25. The van der Waals surface area contributed by atoms with Gasteiger partial charge in [0.05, 0.1) is 15.6 Å². The summed E-state index contributed by atoms with van der Waals surface area (Å²) < 4.78 is 28.3. The second-order valence-electron chi connectivity index (χ2n) is 4.00. The Kier molecular flexibility index (Phi) is 5.48. The molecule has 0 saturated heterocycles. The topological polar surface area (TPSA) is 226 Å². The summed E-state index contributed by atoms with van der Waals surface area (Å²) in [5.41, 5.74) is 0. The van der Waals surface area contributed by atoms with Crippen LogP contribution in [0, 0.1) is 0 Å². The Bertz CT molecular complexity index is 372. The average molecular weight is 336 g/mol. The van der Waals surface area contributed by atoms with Gasteiger partial charge in [0.2, 0.25) is 0 Å². The zero-order chi connectivity index (χ0) is 15.9. The van der Waals surface area contributed by atoms with Crippen LogP contribution in [-0.2, 0) is 18.2 Å². The minimum atomic E-state index is -5.68. The summed E-state index contributed by atoms with van der Waals surface area (Å²) in [5.74, 6) is 0. The molecule has 1 aliphatic carbocycles. The van der Waals surface area contributed by atoms with Gasteiger partial charge >= 0.3 is 0 Å². The molecule has 0 aromatic rings. The lowest BCUT2D eigenvalue weighted by Gasteiger charge is -2.48. The van der Waals surface area contributed by atoms with Crippen molar-refractivity contribution in [2.24, 2.45) is 0 Å². The minimum absolute atomic E-state index is 2.25. The SMILES string of the molecule is O=P([O-])([O-])OC1C(O)C(O)C(OP(=O)([O-])[O-])C(O)C1O. The van der Waals surface area contributed by atoms with E-state index in [0.717, 1.165) is 0 Å². The smallest absolute Gasteiger partial charge is 0.120 e. The molecule has 4 atom stereocenters. The molecule has 20 heavy (non-hydrogen) atoms. The zero-order valence-electron chi connectivity index (χ0n) is 9.41. The molecule has 0 radical (unpaired) electrons. The molecular formula is C6H10O12P2-4. The molecule has 4 N–H and O–H groups in total. The predicted octanol–water partition coefficient (Wildman–Crippen LogP) is -6.13. The molecule has 0 aromatic carbocycles. The first-order chi connectivity index (χ1) is 8.83. The molecule has 0 aliphatic heterocycles. The fourth-order valence-electron chi connectivity index (χ4n) is 1.73. The van der Waals surface area contributed by atoms with Gasteiger partial charge in [-0.05, 0) is 0 Å². The van der Waals surface area contributed by atoms with E-state index in [0.29, 0.717) is 0 Å². The van der Waals surface area contributed by atoms with Crippen LogP contribution in [0.5, 0.6) is 0 Å². The third-order valence-corrected chi connectivity index (χ3v) is 3.55. The van der Waals surface area contributed by atoms with E-state index in [4.69, 9.17) is 0 Å². The number of hydrogen-bond acceptors (Lipinski definition) is 12. The van der Waals surface area contributed by atoms with Gasteiger partial charge in [-0.3, -0.25) is 0 Å². The molecule has 4 unspecified atom stereocenters. The maximum absolute atomic E-state index is 10.4. The second kappa shape index (κ2) is 6.05. The van der Waals surface area contributed by atoms with Gasteiger partial charge in [0, 0.05) is 0 Å². The van der Waals surface area contributed by atoms with Crippen molar-refractivity contribution in [2.45, 2.75) is 36.6 Å². The van der Waals surface area contributed by atoms with Gasteiger partial charge < -0.3 is 58.2 Å². The number of phosphoric ester groups is 2. The standard InChI is InChI=1S/C6H14O12P2/c7-1-2(8)6(18-20(14,15)16)4(10)3(9)5(1)17-19(11,12)13/h1-10H,(H2,11,12,13)(H2,14,15,16)/p-4. The number of aliphatic hydroxyl groups is 4. The van der Waals surface area contributed by atoms with Crippen LogP contribution in [0.2, 0.25) is 0 Å². The molecule has 0 spiro atoms. The van der Waals surface area contributed by atoms with Gasteiger partial charge in [-0.25, -0.2) is 0 Å². The van der Waals surface area contributed by atoms with E-state index in [2.05, 4.69) is 9.05 Å². The molecule has 1 saturated carbocycles. The fraction of sp³-hybridized carbons (Fsp3) is 1.00. The minimum Gasteiger partial charge on any atom is -0.790 e. The molecule has 0 bridgehead atoms. The lowest BCUT2D eigenvalue weighted by molar-refractivity contribution is -0.362. The van der Waals surface area contributed by atoms with Crippen molar-refractivity contribution in [1.82, 2.24) is 0 Å². The van der Waals surface area contributed by atoms with Crippen LogP contribution >= 0.6 is 15.6 Å². The Morgan fingerprint density at radius 1 is 0.650 bits per heavy atom. The summed E-state index contributed by atoms with van der Waals surface area (Å²) in [5, 5.41) is 37.7. The fourth-order valence-corrected chi connectivity index (χ4v) is 2.82. The van der Waals surface area contributed by atoms with Crippen molar-refractivity contribution in [3.63, 3.8) is 0 Å². The third-order valence-electron chi connectivity index (χ3n) is 2.55. The molecule has 0 amide bonds. The van der Waals surface area contributed by atoms with Crippen LogP contribution in [0.3, 0.4) is 0 Å². The van der Waals surface area contributed by atoms with Crippen LogP contribution in [0.4, 0.5) is 0 Å². The van der Waals surface area contributed by atoms with E-state index in [1.54, 1.807) is 0 Å². The normalized spacial score (nSPS) is 39.8. The summed E-state index contributed by atoms with van der Waals surface area (Å²) in [6.45, 7) is 0. The Balaban J connectivity index is 2.96. The highest BCUT2D eigenvalue weighted by Crippen LogP contribution is 2.38. The van der Waals surface area contributed by atoms with Crippen molar-refractivity contribution in [3.8, 4) is 0 Å². The Labute approximate surface area is 111 Å². The lowest BCUT2D eigenvalue weighted by atomic mass is 9.85. The monoisotopic (exact) mass is 336 g/mol. The number of aliphatic hydroxyl groups excluding tert-OH is 4. The van der Waals surface area contributed by atoms with Crippen LogP contribution in [0.1, 0.15) is 0 Å². The molecule has 0 aromatic heterocycles. The number of rotatable bonds is 4. The summed E-state index contributed by atoms with van der Waals surface area (Å²) in [4.78, 5) is 41.6. The van der Waals surface area contributed by atoms with Crippen molar-refractivity contribution < 1.29 is 58.2 Å². The van der Waals surface area contributed by atoms with E-state index in [-0.39, 0.29) is 0 Å².